The number of methoxy groups -OCH3 is 1. The van der Waals surface area contributed by atoms with E-state index in [4.69, 9.17) is 10.3 Å². The molecule has 5 nitrogen and oxygen atoms in total. The fourth-order valence-electron chi connectivity index (χ4n) is 1.31. The monoisotopic (exact) mass is 206 g/mol. The Morgan fingerprint density at radius 2 is 2.20 bits per heavy atom. The van der Waals surface area contributed by atoms with Crippen molar-refractivity contribution in [3.8, 4) is 5.75 Å². The van der Waals surface area contributed by atoms with Crippen LogP contribution >= 0.6 is 0 Å². The summed E-state index contributed by atoms with van der Waals surface area (Å²) < 4.78 is 5.23. The highest BCUT2D eigenvalue weighted by Crippen LogP contribution is 2.26. The van der Waals surface area contributed by atoms with Crippen LogP contribution in [0.5, 0.6) is 5.75 Å². The van der Waals surface area contributed by atoms with Gasteiger partial charge in [-0.15, -0.1) is 0 Å². The molecule has 0 unspecified atom stereocenters. The number of azide groups is 1. The van der Waals surface area contributed by atoms with E-state index in [0.29, 0.717) is 13.1 Å². The molecular weight excluding hydrogens is 192 g/mol. The zero-order chi connectivity index (χ0) is 11.1. The van der Waals surface area contributed by atoms with Crippen LogP contribution in [0.4, 0.5) is 5.69 Å². The van der Waals surface area contributed by atoms with E-state index in [1.54, 1.807) is 7.11 Å². The molecule has 1 rings (SSSR count). The van der Waals surface area contributed by atoms with Gasteiger partial charge >= 0.3 is 0 Å². The third kappa shape index (κ3) is 3.07. The first-order chi connectivity index (χ1) is 7.29. The van der Waals surface area contributed by atoms with Gasteiger partial charge in [-0.05, 0) is 17.7 Å². The molecule has 0 amide bonds. The molecule has 80 valence electrons. The van der Waals surface area contributed by atoms with E-state index < -0.39 is 0 Å². The summed E-state index contributed by atoms with van der Waals surface area (Å²) in [7, 11) is 3.57. The molecular formula is C10H14N4O. The predicted molar refractivity (Wildman–Crippen MR) is 60.3 cm³/mol. The molecule has 0 spiro atoms. The van der Waals surface area contributed by atoms with Gasteiger partial charge in [-0.2, -0.15) is 0 Å². The summed E-state index contributed by atoms with van der Waals surface area (Å²) in [6, 6.07) is 7.74. The Bertz CT molecular complexity index is 360. The lowest BCUT2D eigenvalue weighted by Gasteiger charge is -2.20. The third-order valence-corrected chi connectivity index (χ3v) is 2.10. The molecule has 0 aliphatic rings. The molecule has 1 aromatic carbocycles. The summed E-state index contributed by atoms with van der Waals surface area (Å²) >= 11 is 0. The number of hydrogen-bond acceptors (Lipinski definition) is 3. The second kappa shape index (κ2) is 5.78. The molecule has 5 heteroatoms. The van der Waals surface area contributed by atoms with E-state index in [2.05, 4.69) is 10.0 Å². The van der Waals surface area contributed by atoms with Crippen LogP contribution in [0.2, 0.25) is 0 Å². The molecule has 0 aliphatic carbocycles. The van der Waals surface area contributed by atoms with Gasteiger partial charge in [-0.1, -0.05) is 17.2 Å². The molecule has 0 N–H and O–H groups in total. The Morgan fingerprint density at radius 3 is 2.87 bits per heavy atom. The summed E-state index contributed by atoms with van der Waals surface area (Å²) in [5.41, 5.74) is 9.16. The SMILES string of the molecule is COc1ccccc1N(C)CCN=[N+]=[N-]. The quantitative estimate of drug-likeness (QED) is 0.422. The van der Waals surface area contributed by atoms with E-state index >= 15 is 0 Å². The van der Waals surface area contributed by atoms with E-state index in [1.807, 2.05) is 36.2 Å². The standard InChI is InChI=1S/C10H14N4O/c1-14(8-7-12-13-11)9-5-3-4-6-10(9)15-2/h3-6H,7-8H2,1-2H3. The highest BCUT2D eigenvalue weighted by Gasteiger charge is 2.05. The number of hydrogen-bond donors (Lipinski definition) is 0. The summed E-state index contributed by atoms with van der Waals surface area (Å²) in [6.45, 7) is 1.12. The topological polar surface area (TPSA) is 61.2 Å². The van der Waals surface area contributed by atoms with Gasteiger partial charge in [0, 0.05) is 25.0 Å². The van der Waals surface area contributed by atoms with Crippen LogP contribution in [0.15, 0.2) is 29.4 Å². The smallest absolute Gasteiger partial charge is 0.142 e. The van der Waals surface area contributed by atoms with Crippen molar-refractivity contribution in [2.75, 3.05) is 32.1 Å². The Labute approximate surface area is 88.9 Å². The molecule has 0 saturated carbocycles. The van der Waals surface area contributed by atoms with E-state index in [9.17, 15) is 0 Å². The van der Waals surface area contributed by atoms with Crippen LogP contribution in [0.25, 0.3) is 10.4 Å². The first kappa shape index (κ1) is 11.2. The Hall–Kier alpha value is -1.87. The summed E-state index contributed by atoms with van der Waals surface area (Å²) in [5, 5.41) is 3.49. The predicted octanol–water partition coefficient (Wildman–Crippen LogP) is 2.44. The minimum Gasteiger partial charge on any atom is -0.495 e. The number of anilines is 1. The van der Waals surface area contributed by atoms with Gasteiger partial charge < -0.3 is 9.64 Å². The van der Waals surface area contributed by atoms with Crippen molar-refractivity contribution < 1.29 is 4.74 Å². The van der Waals surface area contributed by atoms with Crippen LogP contribution < -0.4 is 9.64 Å². The summed E-state index contributed by atoms with van der Waals surface area (Å²) in [4.78, 5) is 4.70. The van der Waals surface area contributed by atoms with Crippen molar-refractivity contribution in [3.05, 3.63) is 34.7 Å². The van der Waals surface area contributed by atoms with Crippen molar-refractivity contribution in [1.29, 1.82) is 0 Å². The van der Waals surface area contributed by atoms with Crippen LogP contribution in [-0.2, 0) is 0 Å². The van der Waals surface area contributed by atoms with Gasteiger partial charge in [-0.3, -0.25) is 0 Å². The number of benzene rings is 1. The van der Waals surface area contributed by atoms with Gasteiger partial charge in [0.1, 0.15) is 5.75 Å². The molecule has 0 aromatic heterocycles. The highest BCUT2D eigenvalue weighted by molar-refractivity contribution is 5.57. The Kier molecular flexibility index (Phi) is 4.31. The normalized spacial score (nSPS) is 9.20. The van der Waals surface area contributed by atoms with Crippen molar-refractivity contribution in [2.24, 2.45) is 5.11 Å². The summed E-state index contributed by atoms with van der Waals surface area (Å²) in [5.74, 6) is 0.820. The third-order valence-electron chi connectivity index (χ3n) is 2.10. The maximum atomic E-state index is 8.17. The van der Waals surface area contributed by atoms with E-state index in [1.165, 1.54) is 0 Å². The highest BCUT2D eigenvalue weighted by atomic mass is 16.5. The Balaban J connectivity index is 2.71. The molecule has 0 heterocycles. The Morgan fingerprint density at radius 1 is 1.47 bits per heavy atom. The first-order valence-corrected chi connectivity index (χ1v) is 4.64. The van der Waals surface area contributed by atoms with Crippen LogP contribution in [0.1, 0.15) is 0 Å². The zero-order valence-corrected chi connectivity index (χ0v) is 8.92. The minimum absolute atomic E-state index is 0.449. The van der Waals surface area contributed by atoms with Gasteiger partial charge in [0.25, 0.3) is 0 Å². The van der Waals surface area contributed by atoms with Crippen LogP contribution in [0, 0.1) is 0 Å². The molecule has 0 saturated heterocycles. The van der Waals surface area contributed by atoms with Crippen molar-refractivity contribution >= 4 is 5.69 Å². The maximum absolute atomic E-state index is 8.17. The maximum Gasteiger partial charge on any atom is 0.142 e. The molecule has 1 aromatic rings. The molecule has 0 bridgehead atoms. The number of nitrogens with zero attached hydrogens (tertiary/aromatic N) is 4. The van der Waals surface area contributed by atoms with Crippen molar-refractivity contribution in [1.82, 2.24) is 0 Å². The van der Waals surface area contributed by atoms with Gasteiger partial charge in [0.15, 0.2) is 0 Å². The van der Waals surface area contributed by atoms with Gasteiger partial charge in [-0.25, -0.2) is 0 Å². The zero-order valence-electron chi connectivity index (χ0n) is 8.92. The lowest BCUT2D eigenvalue weighted by atomic mass is 10.2. The fraction of sp³-hybridized carbons (Fsp3) is 0.400. The van der Waals surface area contributed by atoms with E-state index in [0.717, 1.165) is 11.4 Å². The first-order valence-electron chi connectivity index (χ1n) is 4.64. The fourth-order valence-corrected chi connectivity index (χ4v) is 1.31. The number of rotatable bonds is 5. The second-order valence-corrected chi connectivity index (χ2v) is 3.05. The lowest BCUT2D eigenvalue weighted by molar-refractivity contribution is 0.415. The number of para-hydroxylation sites is 2. The van der Waals surface area contributed by atoms with Gasteiger partial charge in [0.05, 0.1) is 12.8 Å². The van der Waals surface area contributed by atoms with Crippen LogP contribution in [-0.4, -0.2) is 27.2 Å². The summed E-state index contributed by atoms with van der Waals surface area (Å²) in [6.07, 6.45) is 0. The average molecular weight is 206 g/mol. The largest absolute Gasteiger partial charge is 0.495 e. The molecule has 15 heavy (non-hydrogen) atoms. The van der Waals surface area contributed by atoms with Crippen molar-refractivity contribution in [2.45, 2.75) is 0 Å². The molecule has 0 fully saturated rings. The number of likely N-dealkylation sites (N-methyl/N-ethyl adjacent to an activating group) is 1. The van der Waals surface area contributed by atoms with E-state index in [-0.39, 0.29) is 0 Å². The lowest BCUT2D eigenvalue weighted by Crippen LogP contribution is -2.20. The molecule has 0 aliphatic heterocycles. The molecule has 0 radical (unpaired) electrons. The second-order valence-electron chi connectivity index (χ2n) is 3.05. The minimum atomic E-state index is 0.449. The van der Waals surface area contributed by atoms with Crippen LogP contribution in [0.3, 0.4) is 0 Å². The average Bonchev–Trinajstić information content (AvgIpc) is 2.29. The van der Waals surface area contributed by atoms with Gasteiger partial charge in [0.2, 0.25) is 0 Å². The molecule has 0 atom stereocenters. The van der Waals surface area contributed by atoms with Crippen molar-refractivity contribution in [3.63, 3.8) is 0 Å². The number of ether oxygens (including phenoxy) is 1.